The van der Waals surface area contributed by atoms with E-state index in [1.54, 1.807) is 0 Å². The van der Waals surface area contributed by atoms with Gasteiger partial charge in [0.25, 0.3) is 0 Å². The van der Waals surface area contributed by atoms with E-state index < -0.39 is 0 Å². The Balaban J connectivity index is 1.94. The van der Waals surface area contributed by atoms with Gasteiger partial charge in [-0.05, 0) is 48.2 Å². The molecule has 0 aliphatic carbocycles. The third kappa shape index (κ3) is 4.11. The summed E-state index contributed by atoms with van der Waals surface area (Å²) >= 11 is 0. The van der Waals surface area contributed by atoms with Gasteiger partial charge in [-0.15, -0.1) is 0 Å². The monoisotopic (exact) mass is 255 g/mol. The van der Waals surface area contributed by atoms with Crippen LogP contribution < -0.4 is 10.5 Å². The van der Waals surface area contributed by atoms with Gasteiger partial charge in [0.05, 0.1) is 0 Å². The molecule has 0 aromatic heterocycles. The number of nitrogens with two attached hydrogens (primary N) is 1. The van der Waals surface area contributed by atoms with Crippen LogP contribution in [0.5, 0.6) is 5.75 Å². The number of ether oxygens (including phenoxy) is 1. The number of benzene rings is 2. The molecule has 0 amide bonds. The van der Waals surface area contributed by atoms with Crippen molar-refractivity contribution in [2.24, 2.45) is 5.73 Å². The topological polar surface area (TPSA) is 35.2 Å². The molecule has 0 bridgehead atoms. The van der Waals surface area contributed by atoms with Crippen molar-refractivity contribution in [2.45, 2.75) is 26.4 Å². The first-order valence-corrected chi connectivity index (χ1v) is 6.81. The van der Waals surface area contributed by atoms with Crippen LogP contribution in [-0.4, -0.2) is 6.54 Å². The molecular weight excluding hydrogens is 234 g/mol. The van der Waals surface area contributed by atoms with Crippen molar-refractivity contribution in [1.29, 1.82) is 0 Å². The SMILES string of the molecule is CCc1cccc(COc2ccc(CCN)cc2)c1. The molecule has 0 spiro atoms. The normalized spacial score (nSPS) is 10.4. The van der Waals surface area contributed by atoms with E-state index in [9.17, 15) is 0 Å². The van der Waals surface area contributed by atoms with E-state index in [-0.39, 0.29) is 0 Å². The molecule has 2 N–H and O–H groups in total. The smallest absolute Gasteiger partial charge is 0.119 e. The lowest BCUT2D eigenvalue weighted by Crippen LogP contribution is -2.02. The maximum absolute atomic E-state index is 5.79. The zero-order valence-electron chi connectivity index (χ0n) is 11.4. The Morgan fingerprint density at radius 1 is 0.947 bits per heavy atom. The summed E-state index contributed by atoms with van der Waals surface area (Å²) in [7, 11) is 0. The van der Waals surface area contributed by atoms with Crippen LogP contribution in [0.15, 0.2) is 48.5 Å². The van der Waals surface area contributed by atoms with Crippen molar-refractivity contribution in [1.82, 2.24) is 0 Å². The summed E-state index contributed by atoms with van der Waals surface area (Å²) in [5.41, 5.74) is 9.34. The minimum atomic E-state index is 0.615. The fourth-order valence-corrected chi connectivity index (χ4v) is 2.03. The highest BCUT2D eigenvalue weighted by atomic mass is 16.5. The number of rotatable bonds is 6. The second-order valence-electron chi connectivity index (χ2n) is 4.64. The van der Waals surface area contributed by atoms with Crippen molar-refractivity contribution >= 4 is 0 Å². The summed E-state index contributed by atoms with van der Waals surface area (Å²) in [5, 5.41) is 0. The Labute approximate surface area is 115 Å². The standard InChI is InChI=1S/C17H21NO/c1-2-14-4-3-5-16(12-14)13-19-17-8-6-15(7-9-17)10-11-18/h3-9,12H,2,10-11,13,18H2,1H3. The van der Waals surface area contributed by atoms with Crippen molar-refractivity contribution < 1.29 is 4.74 Å². The van der Waals surface area contributed by atoms with E-state index in [4.69, 9.17) is 10.5 Å². The largest absolute Gasteiger partial charge is 0.489 e. The van der Waals surface area contributed by atoms with Gasteiger partial charge in [0.15, 0.2) is 0 Å². The van der Waals surface area contributed by atoms with E-state index in [0.29, 0.717) is 13.2 Å². The van der Waals surface area contributed by atoms with Gasteiger partial charge in [-0.3, -0.25) is 0 Å². The zero-order chi connectivity index (χ0) is 13.5. The molecule has 0 saturated heterocycles. The van der Waals surface area contributed by atoms with Gasteiger partial charge in [0, 0.05) is 0 Å². The first-order valence-electron chi connectivity index (χ1n) is 6.81. The van der Waals surface area contributed by atoms with Crippen molar-refractivity contribution in [3.8, 4) is 5.75 Å². The van der Waals surface area contributed by atoms with Crippen LogP contribution in [0.2, 0.25) is 0 Å². The maximum atomic E-state index is 5.79. The minimum Gasteiger partial charge on any atom is -0.489 e. The molecule has 19 heavy (non-hydrogen) atoms. The molecule has 100 valence electrons. The van der Waals surface area contributed by atoms with E-state index >= 15 is 0 Å². The van der Waals surface area contributed by atoms with Crippen LogP contribution in [0.1, 0.15) is 23.6 Å². The lowest BCUT2D eigenvalue weighted by molar-refractivity contribution is 0.306. The van der Waals surface area contributed by atoms with Gasteiger partial charge >= 0.3 is 0 Å². The molecular formula is C17H21NO. The second kappa shape index (κ2) is 6.95. The predicted molar refractivity (Wildman–Crippen MR) is 79.4 cm³/mol. The van der Waals surface area contributed by atoms with Gasteiger partial charge in [-0.1, -0.05) is 43.3 Å². The molecule has 0 aliphatic rings. The summed E-state index contributed by atoms with van der Waals surface area (Å²) in [6.45, 7) is 3.46. The van der Waals surface area contributed by atoms with Gasteiger partial charge in [0.1, 0.15) is 12.4 Å². The number of hydrogen-bond donors (Lipinski definition) is 1. The highest BCUT2D eigenvalue weighted by Gasteiger charge is 1.98. The Bertz CT molecular complexity index is 505. The molecule has 0 saturated carbocycles. The van der Waals surface area contributed by atoms with E-state index in [2.05, 4.69) is 43.3 Å². The van der Waals surface area contributed by atoms with Crippen LogP contribution in [0.25, 0.3) is 0 Å². The van der Waals surface area contributed by atoms with Crippen molar-refractivity contribution in [3.63, 3.8) is 0 Å². The quantitative estimate of drug-likeness (QED) is 0.859. The molecule has 0 unspecified atom stereocenters. The van der Waals surface area contributed by atoms with Crippen LogP contribution in [0.4, 0.5) is 0 Å². The first kappa shape index (κ1) is 13.6. The molecule has 2 aromatic carbocycles. The van der Waals surface area contributed by atoms with Gasteiger partial charge in [-0.25, -0.2) is 0 Å². The minimum absolute atomic E-state index is 0.615. The molecule has 2 heteroatoms. The van der Waals surface area contributed by atoms with Crippen LogP contribution >= 0.6 is 0 Å². The summed E-state index contributed by atoms with van der Waals surface area (Å²) in [4.78, 5) is 0. The molecule has 0 fully saturated rings. The average molecular weight is 255 g/mol. The third-order valence-corrected chi connectivity index (χ3v) is 3.16. The number of hydrogen-bond acceptors (Lipinski definition) is 2. The van der Waals surface area contributed by atoms with Crippen molar-refractivity contribution in [2.75, 3.05) is 6.54 Å². The summed E-state index contributed by atoms with van der Waals surface area (Å²) in [6.07, 6.45) is 1.97. The van der Waals surface area contributed by atoms with E-state index in [0.717, 1.165) is 18.6 Å². The van der Waals surface area contributed by atoms with Crippen LogP contribution in [-0.2, 0) is 19.4 Å². The van der Waals surface area contributed by atoms with E-state index in [1.807, 2.05) is 12.1 Å². The highest BCUT2D eigenvalue weighted by Crippen LogP contribution is 2.15. The number of aryl methyl sites for hydroxylation is 1. The zero-order valence-corrected chi connectivity index (χ0v) is 11.4. The Morgan fingerprint density at radius 2 is 1.68 bits per heavy atom. The predicted octanol–water partition coefficient (Wildman–Crippen LogP) is 3.33. The van der Waals surface area contributed by atoms with Crippen LogP contribution in [0.3, 0.4) is 0 Å². The van der Waals surface area contributed by atoms with Gasteiger partial charge in [0.2, 0.25) is 0 Å². The fourth-order valence-electron chi connectivity index (χ4n) is 2.03. The Kier molecular flexibility index (Phi) is 4.99. The van der Waals surface area contributed by atoms with Crippen LogP contribution in [0, 0.1) is 0 Å². The first-order chi connectivity index (χ1) is 9.31. The third-order valence-electron chi connectivity index (χ3n) is 3.16. The molecule has 0 heterocycles. The van der Waals surface area contributed by atoms with E-state index in [1.165, 1.54) is 16.7 Å². The van der Waals surface area contributed by atoms with Gasteiger partial charge < -0.3 is 10.5 Å². The lowest BCUT2D eigenvalue weighted by atomic mass is 10.1. The second-order valence-corrected chi connectivity index (χ2v) is 4.64. The Hall–Kier alpha value is -1.80. The molecule has 0 atom stereocenters. The van der Waals surface area contributed by atoms with Crippen molar-refractivity contribution in [3.05, 3.63) is 65.2 Å². The summed E-state index contributed by atoms with van der Waals surface area (Å²) in [5.74, 6) is 0.905. The Morgan fingerprint density at radius 3 is 2.37 bits per heavy atom. The molecule has 2 aromatic rings. The fraction of sp³-hybridized carbons (Fsp3) is 0.294. The molecule has 0 radical (unpaired) electrons. The molecule has 2 rings (SSSR count). The molecule has 0 aliphatic heterocycles. The highest BCUT2D eigenvalue weighted by molar-refractivity contribution is 5.28. The summed E-state index contributed by atoms with van der Waals surface area (Å²) in [6, 6.07) is 16.7. The summed E-state index contributed by atoms with van der Waals surface area (Å²) < 4.78 is 5.79. The average Bonchev–Trinajstić information content (AvgIpc) is 2.47. The maximum Gasteiger partial charge on any atom is 0.119 e. The molecule has 2 nitrogen and oxygen atoms in total. The lowest BCUT2D eigenvalue weighted by Gasteiger charge is -2.08. The van der Waals surface area contributed by atoms with Gasteiger partial charge in [-0.2, -0.15) is 0 Å².